The van der Waals surface area contributed by atoms with E-state index >= 15 is 0 Å². The third-order valence-electron chi connectivity index (χ3n) is 1.56. The van der Waals surface area contributed by atoms with Crippen molar-refractivity contribution in [2.45, 2.75) is 0 Å². The summed E-state index contributed by atoms with van der Waals surface area (Å²) in [6.07, 6.45) is 0. The molecule has 0 spiro atoms. The number of alkyl halides is 1. The van der Waals surface area contributed by atoms with E-state index in [0.29, 0.717) is 4.47 Å². The molecule has 1 aromatic carbocycles. The monoisotopic (exact) mass is 262 g/mol. The van der Waals surface area contributed by atoms with Crippen molar-refractivity contribution < 1.29 is 18.7 Å². The number of carbonyl (C=O) groups excluding carboxylic acids is 1. The summed E-state index contributed by atoms with van der Waals surface area (Å²) in [5, 5.41) is 0. The van der Waals surface area contributed by atoms with Gasteiger partial charge in [0, 0.05) is 4.47 Å². The van der Waals surface area contributed by atoms with Gasteiger partial charge in [-0.25, -0.2) is 9.18 Å². The molecule has 0 aromatic heterocycles. The van der Waals surface area contributed by atoms with Gasteiger partial charge in [0.1, 0.15) is 11.3 Å². The Morgan fingerprint density at radius 3 is 2.86 bits per heavy atom. The Labute approximate surface area is 88.9 Å². The van der Waals surface area contributed by atoms with Gasteiger partial charge in [0.2, 0.25) is 6.86 Å². The molecule has 0 bridgehead atoms. The molecule has 76 valence electrons. The molecule has 0 saturated heterocycles. The number of esters is 1. The molecule has 1 aromatic rings. The van der Waals surface area contributed by atoms with E-state index in [9.17, 15) is 9.18 Å². The number of hydrogen-bond donors (Lipinski definition) is 0. The second kappa shape index (κ2) is 4.95. The lowest BCUT2D eigenvalue weighted by molar-refractivity contribution is 0.0593. The number of ether oxygens (including phenoxy) is 2. The number of methoxy groups -OCH3 is 1. The lowest BCUT2D eigenvalue weighted by atomic mass is 10.2. The van der Waals surface area contributed by atoms with Crippen LogP contribution in [-0.4, -0.2) is 19.9 Å². The normalized spacial score (nSPS) is 9.64. The molecule has 0 aliphatic carbocycles. The average Bonchev–Trinajstić information content (AvgIpc) is 2.17. The van der Waals surface area contributed by atoms with Crippen LogP contribution in [0.4, 0.5) is 4.39 Å². The summed E-state index contributed by atoms with van der Waals surface area (Å²) in [4.78, 5) is 11.2. The minimum Gasteiger partial charge on any atom is -0.465 e. The molecular weight excluding hydrogens is 255 g/mol. The van der Waals surface area contributed by atoms with Crippen molar-refractivity contribution in [2.24, 2.45) is 0 Å². The Hall–Kier alpha value is -1.10. The largest absolute Gasteiger partial charge is 0.465 e. The number of hydrogen-bond acceptors (Lipinski definition) is 3. The van der Waals surface area contributed by atoms with E-state index in [2.05, 4.69) is 25.4 Å². The molecular formula is C9H8BrFO3. The van der Waals surface area contributed by atoms with Crippen molar-refractivity contribution in [1.82, 2.24) is 0 Å². The Kier molecular flexibility index (Phi) is 3.88. The van der Waals surface area contributed by atoms with Crippen molar-refractivity contribution >= 4 is 21.9 Å². The molecule has 0 fully saturated rings. The van der Waals surface area contributed by atoms with Crippen LogP contribution in [0, 0.1) is 0 Å². The van der Waals surface area contributed by atoms with Crippen molar-refractivity contribution in [3.05, 3.63) is 28.2 Å². The molecule has 0 saturated carbocycles. The number of benzene rings is 1. The minimum absolute atomic E-state index is 0.161. The predicted molar refractivity (Wildman–Crippen MR) is 52.1 cm³/mol. The van der Waals surface area contributed by atoms with Crippen LogP contribution < -0.4 is 4.74 Å². The highest BCUT2D eigenvalue weighted by molar-refractivity contribution is 9.10. The van der Waals surface area contributed by atoms with Gasteiger partial charge in [-0.2, -0.15) is 0 Å². The van der Waals surface area contributed by atoms with Gasteiger partial charge in [0.05, 0.1) is 7.11 Å². The third kappa shape index (κ3) is 2.45. The van der Waals surface area contributed by atoms with Gasteiger partial charge in [-0.3, -0.25) is 0 Å². The van der Waals surface area contributed by atoms with E-state index in [4.69, 9.17) is 0 Å². The molecule has 14 heavy (non-hydrogen) atoms. The fourth-order valence-corrected chi connectivity index (χ4v) is 1.29. The Bertz CT molecular complexity index is 341. The molecule has 0 aliphatic rings. The standard InChI is InChI=1S/C9H8BrFO3/c1-13-9(12)7-3-2-6(10)4-8(7)14-5-11/h2-4H,5H2,1H3. The number of halogens is 2. The first-order valence-electron chi connectivity index (χ1n) is 3.75. The first-order chi connectivity index (χ1) is 6.69. The maximum Gasteiger partial charge on any atom is 0.341 e. The Morgan fingerprint density at radius 2 is 2.29 bits per heavy atom. The second-order valence-electron chi connectivity index (χ2n) is 2.39. The van der Waals surface area contributed by atoms with Crippen LogP contribution in [0.2, 0.25) is 0 Å². The molecule has 1 rings (SSSR count). The lowest BCUT2D eigenvalue weighted by Gasteiger charge is -2.07. The van der Waals surface area contributed by atoms with E-state index in [-0.39, 0.29) is 11.3 Å². The van der Waals surface area contributed by atoms with E-state index in [1.807, 2.05) is 0 Å². The number of carbonyl (C=O) groups is 1. The van der Waals surface area contributed by atoms with Crippen LogP contribution in [0.1, 0.15) is 10.4 Å². The van der Waals surface area contributed by atoms with Gasteiger partial charge >= 0.3 is 5.97 Å². The van der Waals surface area contributed by atoms with Crippen molar-refractivity contribution in [2.75, 3.05) is 14.0 Å². The molecule has 5 heteroatoms. The first-order valence-corrected chi connectivity index (χ1v) is 4.55. The van der Waals surface area contributed by atoms with Crippen LogP contribution in [-0.2, 0) is 4.74 Å². The molecule has 0 radical (unpaired) electrons. The van der Waals surface area contributed by atoms with Crippen LogP contribution in [0.15, 0.2) is 22.7 Å². The SMILES string of the molecule is COC(=O)c1ccc(Br)cc1OCF. The second-order valence-corrected chi connectivity index (χ2v) is 3.30. The van der Waals surface area contributed by atoms with Gasteiger partial charge in [0.15, 0.2) is 0 Å². The quantitative estimate of drug-likeness (QED) is 0.786. The molecule has 3 nitrogen and oxygen atoms in total. The Balaban J connectivity index is 3.07. The molecule has 0 atom stereocenters. The van der Waals surface area contributed by atoms with Gasteiger partial charge in [-0.1, -0.05) is 15.9 Å². The van der Waals surface area contributed by atoms with Crippen LogP contribution in [0.3, 0.4) is 0 Å². The van der Waals surface area contributed by atoms with Gasteiger partial charge in [0.25, 0.3) is 0 Å². The number of rotatable bonds is 3. The first kappa shape index (κ1) is 11.0. The fraction of sp³-hybridized carbons (Fsp3) is 0.222. The maximum atomic E-state index is 12.0. The average molecular weight is 263 g/mol. The smallest absolute Gasteiger partial charge is 0.341 e. The zero-order chi connectivity index (χ0) is 10.6. The summed E-state index contributed by atoms with van der Waals surface area (Å²) >= 11 is 3.18. The van der Waals surface area contributed by atoms with Crippen LogP contribution in [0.25, 0.3) is 0 Å². The fourth-order valence-electron chi connectivity index (χ4n) is 0.953. The summed E-state index contributed by atoms with van der Waals surface area (Å²) in [7, 11) is 1.25. The van der Waals surface area contributed by atoms with Crippen molar-refractivity contribution in [1.29, 1.82) is 0 Å². The van der Waals surface area contributed by atoms with E-state index in [0.717, 1.165) is 0 Å². The van der Waals surface area contributed by atoms with E-state index < -0.39 is 12.8 Å². The van der Waals surface area contributed by atoms with E-state index in [1.54, 1.807) is 6.07 Å². The molecule has 0 amide bonds. The van der Waals surface area contributed by atoms with Gasteiger partial charge in [-0.05, 0) is 18.2 Å². The summed E-state index contributed by atoms with van der Waals surface area (Å²) < 4.78 is 21.8. The maximum absolute atomic E-state index is 12.0. The summed E-state index contributed by atoms with van der Waals surface area (Å²) in [5.74, 6) is -0.394. The molecule has 0 heterocycles. The van der Waals surface area contributed by atoms with Crippen LogP contribution in [0.5, 0.6) is 5.75 Å². The molecule has 0 unspecified atom stereocenters. The van der Waals surface area contributed by atoms with Gasteiger partial charge in [-0.15, -0.1) is 0 Å². The van der Waals surface area contributed by atoms with Crippen LogP contribution >= 0.6 is 15.9 Å². The zero-order valence-electron chi connectivity index (χ0n) is 7.42. The summed E-state index contributed by atoms with van der Waals surface area (Å²) in [6.45, 7) is -0.986. The highest BCUT2D eigenvalue weighted by atomic mass is 79.9. The highest BCUT2D eigenvalue weighted by Gasteiger charge is 2.12. The van der Waals surface area contributed by atoms with Crippen molar-refractivity contribution in [3.8, 4) is 5.75 Å². The van der Waals surface area contributed by atoms with Gasteiger partial charge < -0.3 is 9.47 Å². The molecule has 0 aliphatic heterocycles. The summed E-state index contributed by atoms with van der Waals surface area (Å²) in [5.41, 5.74) is 0.202. The highest BCUT2D eigenvalue weighted by Crippen LogP contribution is 2.24. The lowest BCUT2D eigenvalue weighted by Crippen LogP contribution is -2.05. The minimum atomic E-state index is -0.986. The summed E-state index contributed by atoms with van der Waals surface area (Å²) in [6, 6.07) is 4.66. The predicted octanol–water partition coefficient (Wildman–Crippen LogP) is 2.54. The Morgan fingerprint density at radius 1 is 1.57 bits per heavy atom. The topological polar surface area (TPSA) is 35.5 Å². The van der Waals surface area contributed by atoms with E-state index in [1.165, 1.54) is 19.2 Å². The third-order valence-corrected chi connectivity index (χ3v) is 2.05. The molecule has 0 N–H and O–H groups in total. The zero-order valence-corrected chi connectivity index (χ0v) is 9.01. The van der Waals surface area contributed by atoms with Crippen molar-refractivity contribution in [3.63, 3.8) is 0 Å².